The van der Waals surface area contributed by atoms with Gasteiger partial charge in [-0.3, -0.25) is 9.59 Å². The average molecular weight is 448 g/mol. The second-order valence-corrected chi connectivity index (χ2v) is 8.61. The third-order valence-corrected chi connectivity index (χ3v) is 6.20. The molecule has 174 valence electrons. The van der Waals surface area contributed by atoms with Crippen LogP contribution in [-0.4, -0.2) is 52.3 Å². The quantitative estimate of drug-likeness (QED) is 0.469. The third kappa shape index (κ3) is 5.75. The fourth-order valence-corrected chi connectivity index (χ4v) is 4.22. The van der Waals surface area contributed by atoms with E-state index in [9.17, 15) is 9.59 Å². The minimum absolute atomic E-state index is 0.00238. The van der Waals surface area contributed by atoms with Crippen molar-refractivity contribution in [2.24, 2.45) is 0 Å². The smallest absolute Gasteiger partial charge is 0.242 e. The predicted molar refractivity (Wildman–Crippen MR) is 130 cm³/mol. The molecule has 1 aliphatic carbocycles. The molecule has 2 amide bonds. The number of aromatic amines is 1. The van der Waals surface area contributed by atoms with Crippen LogP contribution in [0.3, 0.4) is 0 Å². The van der Waals surface area contributed by atoms with Gasteiger partial charge in [-0.1, -0.05) is 37.3 Å². The Bertz CT molecular complexity index is 1090. The van der Waals surface area contributed by atoms with Gasteiger partial charge in [0, 0.05) is 42.7 Å². The van der Waals surface area contributed by atoms with E-state index in [-0.39, 0.29) is 24.4 Å². The van der Waals surface area contributed by atoms with Crippen molar-refractivity contribution in [2.75, 3.05) is 19.7 Å². The molecule has 0 atom stereocenters. The second kappa shape index (κ2) is 10.6. The Balaban J connectivity index is 1.50. The number of hydrogen-bond donors (Lipinski definition) is 1. The zero-order valence-electron chi connectivity index (χ0n) is 19.5. The van der Waals surface area contributed by atoms with Crippen LogP contribution in [0.2, 0.25) is 0 Å². The number of carbonyl (C=O) groups is 2. The SMILES string of the molecule is CCOc1ccc(CN(CCc2c[nH]c3ccccc23)C(=O)CN(C(=O)CC)C2CC2)cc1. The van der Waals surface area contributed by atoms with Crippen molar-refractivity contribution in [3.8, 4) is 5.75 Å². The molecule has 4 rings (SSSR count). The van der Waals surface area contributed by atoms with Crippen molar-refractivity contribution in [3.63, 3.8) is 0 Å². The lowest BCUT2D eigenvalue weighted by molar-refractivity contribution is -0.141. The molecule has 1 fully saturated rings. The molecule has 0 saturated heterocycles. The lowest BCUT2D eigenvalue weighted by Crippen LogP contribution is -2.44. The molecule has 2 aromatic carbocycles. The highest BCUT2D eigenvalue weighted by Gasteiger charge is 2.34. The Morgan fingerprint density at radius 3 is 2.48 bits per heavy atom. The van der Waals surface area contributed by atoms with Crippen molar-refractivity contribution in [1.29, 1.82) is 0 Å². The first-order valence-electron chi connectivity index (χ1n) is 11.9. The number of carbonyl (C=O) groups excluding carboxylic acids is 2. The van der Waals surface area contributed by atoms with Crippen LogP contribution in [0.25, 0.3) is 10.9 Å². The van der Waals surface area contributed by atoms with E-state index in [0.29, 0.717) is 26.1 Å². The zero-order chi connectivity index (χ0) is 23.2. The molecule has 1 N–H and O–H groups in total. The average Bonchev–Trinajstić information content (AvgIpc) is 3.60. The van der Waals surface area contributed by atoms with Crippen LogP contribution in [-0.2, 0) is 22.6 Å². The summed E-state index contributed by atoms with van der Waals surface area (Å²) in [6.07, 6.45) is 5.19. The van der Waals surface area contributed by atoms with E-state index >= 15 is 0 Å². The van der Waals surface area contributed by atoms with Crippen LogP contribution in [0, 0.1) is 0 Å². The normalized spacial score (nSPS) is 13.2. The number of H-pyrrole nitrogens is 1. The summed E-state index contributed by atoms with van der Waals surface area (Å²) in [4.78, 5) is 32.8. The largest absolute Gasteiger partial charge is 0.494 e. The molecule has 6 heteroatoms. The van der Waals surface area contributed by atoms with Gasteiger partial charge in [0.2, 0.25) is 11.8 Å². The van der Waals surface area contributed by atoms with E-state index in [1.54, 1.807) is 4.90 Å². The van der Waals surface area contributed by atoms with Gasteiger partial charge in [0.25, 0.3) is 0 Å². The lowest BCUT2D eigenvalue weighted by atomic mass is 10.1. The molecule has 1 aromatic heterocycles. The molecule has 0 aliphatic heterocycles. The first-order chi connectivity index (χ1) is 16.1. The van der Waals surface area contributed by atoms with E-state index in [1.165, 1.54) is 10.9 Å². The molecule has 33 heavy (non-hydrogen) atoms. The van der Waals surface area contributed by atoms with E-state index in [1.807, 2.05) is 61.3 Å². The summed E-state index contributed by atoms with van der Waals surface area (Å²) in [6, 6.07) is 16.3. The van der Waals surface area contributed by atoms with Crippen LogP contribution in [0.4, 0.5) is 0 Å². The number of amides is 2. The lowest BCUT2D eigenvalue weighted by Gasteiger charge is -2.28. The number of para-hydroxylation sites is 1. The van der Waals surface area contributed by atoms with Gasteiger partial charge >= 0.3 is 0 Å². The number of aromatic nitrogens is 1. The molecule has 1 heterocycles. The van der Waals surface area contributed by atoms with Gasteiger partial charge in [-0.15, -0.1) is 0 Å². The Hall–Kier alpha value is -3.28. The van der Waals surface area contributed by atoms with Gasteiger partial charge in [-0.2, -0.15) is 0 Å². The number of hydrogen-bond acceptors (Lipinski definition) is 3. The molecule has 1 saturated carbocycles. The number of rotatable bonds is 11. The summed E-state index contributed by atoms with van der Waals surface area (Å²) in [5, 5.41) is 1.19. The van der Waals surface area contributed by atoms with Crippen LogP contribution < -0.4 is 4.74 Å². The summed E-state index contributed by atoms with van der Waals surface area (Å²) >= 11 is 0. The second-order valence-electron chi connectivity index (χ2n) is 8.61. The van der Waals surface area contributed by atoms with Gasteiger partial charge in [0.1, 0.15) is 12.3 Å². The summed E-state index contributed by atoms with van der Waals surface area (Å²) < 4.78 is 5.55. The first-order valence-corrected chi connectivity index (χ1v) is 11.9. The topological polar surface area (TPSA) is 65.6 Å². The molecule has 0 unspecified atom stereocenters. The minimum Gasteiger partial charge on any atom is -0.494 e. The number of ether oxygens (including phenoxy) is 1. The van der Waals surface area contributed by atoms with Crippen molar-refractivity contribution >= 4 is 22.7 Å². The zero-order valence-corrected chi connectivity index (χ0v) is 19.5. The molecule has 0 bridgehead atoms. The van der Waals surface area contributed by atoms with Crippen LogP contribution in [0.15, 0.2) is 54.7 Å². The summed E-state index contributed by atoms with van der Waals surface area (Å²) in [6.45, 7) is 5.69. The summed E-state index contributed by atoms with van der Waals surface area (Å²) in [5.74, 6) is 0.882. The highest BCUT2D eigenvalue weighted by molar-refractivity contribution is 5.85. The van der Waals surface area contributed by atoms with Gasteiger partial charge in [0.15, 0.2) is 0 Å². The summed E-state index contributed by atoms with van der Waals surface area (Å²) in [5.41, 5.74) is 3.34. The van der Waals surface area contributed by atoms with Gasteiger partial charge in [0.05, 0.1) is 6.61 Å². The Labute approximate surface area is 195 Å². The Kier molecular flexibility index (Phi) is 7.33. The number of fused-ring (bicyclic) bond motifs is 1. The maximum Gasteiger partial charge on any atom is 0.242 e. The predicted octanol–water partition coefficient (Wildman–Crippen LogP) is 4.54. The number of nitrogens with zero attached hydrogens (tertiary/aromatic N) is 2. The molecule has 0 radical (unpaired) electrons. The molecular weight excluding hydrogens is 414 g/mol. The van der Waals surface area contributed by atoms with Crippen LogP contribution >= 0.6 is 0 Å². The highest BCUT2D eigenvalue weighted by atomic mass is 16.5. The van der Waals surface area contributed by atoms with Gasteiger partial charge in [-0.25, -0.2) is 0 Å². The number of nitrogens with one attached hydrogen (secondary N) is 1. The van der Waals surface area contributed by atoms with Crippen LogP contribution in [0.5, 0.6) is 5.75 Å². The Morgan fingerprint density at radius 2 is 1.79 bits per heavy atom. The third-order valence-electron chi connectivity index (χ3n) is 6.20. The fourth-order valence-electron chi connectivity index (χ4n) is 4.22. The highest BCUT2D eigenvalue weighted by Crippen LogP contribution is 2.27. The molecule has 0 spiro atoms. The van der Waals surface area contributed by atoms with E-state index in [0.717, 1.165) is 36.1 Å². The van der Waals surface area contributed by atoms with E-state index in [2.05, 4.69) is 17.1 Å². The van der Waals surface area contributed by atoms with Gasteiger partial charge < -0.3 is 19.5 Å². The molecule has 6 nitrogen and oxygen atoms in total. The van der Waals surface area contributed by atoms with Crippen molar-refractivity contribution in [1.82, 2.24) is 14.8 Å². The maximum atomic E-state index is 13.4. The van der Waals surface area contributed by atoms with Crippen molar-refractivity contribution in [3.05, 3.63) is 65.9 Å². The van der Waals surface area contributed by atoms with Crippen molar-refractivity contribution < 1.29 is 14.3 Å². The van der Waals surface area contributed by atoms with E-state index in [4.69, 9.17) is 4.74 Å². The standard InChI is InChI=1S/C27H33N3O3/c1-3-26(31)30(22-11-12-22)19-27(32)29(18-20-9-13-23(14-10-20)33-4-2)16-15-21-17-28-25-8-6-5-7-24(21)25/h5-10,13-14,17,22,28H,3-4,11-12,15-16,18-19H2,1-2H3. The maximum absolute atomic E-state index is 13.4. The van der Waals surface area contributed by atoms with Gasteiger partial charge in [-0.05, 0) is 55.5 Å². The first kappa shape index (κ1) is 22.9. The van der Waals surface area contributed by atoms with Crippen LogP contribution in [0.1, 0.15) is 44.2 Å². The van der Waals surface area contributed by atoms with Crippen molar-refractivity contribution in [2.45, 2.75) is 52.1 Å². The number of benzene rings is 2. The Morgan fingerprint density at radius 1 is 1.03 bits per heavy atom. The monoisotopic (exact) mass is 447 g/mol. The summed E-state index contributed by atoms with van der Waals surface area (Å²) in [7, 11) is 0. The molecule has 1 aliphatic rings. The fraction of sp³-hybridized carbons (Fsp3) is 0.407. The molecule has 3 aromatic rings. The molecular formula is C27H33N3O3. The van der Waals surface area contributed by atoms with E-state index < -0.39 is 0 Å². The minimum atomic E-state index is -0.00238.